The number of nitrogens with zero attached hydrogens (tertiary/aromatic N) is 1. The smallest absolute Gasteiger partial charge is 0.243 e. The summed E-state index contributed by atoms with van der Waals surface area (Å²) in [4.78, 5) is 12.0. The van der Waals surface area contributed by atoms with Gasteiger partial charge in [-0.05, 0) is 30.3 Å². The van der Waals surface area contributed by atoms with Crippen LogP contribution in [-0.2, 0) is 14.8 Å². The van der Waals surface area contributed by atoms with Crippen LogP contribution < -0.4 is 5.32 Å². The second-order valence-corrected chi connectivity index (χ2v) is 7.71. The predicted octanol–water partition coefficient (Wildman–Crippen LogP) is 2.85. The Morgan fingerprint density at radius 1 is 1.22 bits per heavy atom. The number of nitrogens with one attached hydrogen (secondary N) is 1. The monoisotopic (exact) mass is 400 g/mol. The van der Waals surface area contributed by atoms with E-state index in [9.17, 15) is 17.6 Å². The molecule has 0 saturated carbocycles. The molecule has 1 amide bonds. The topological polar surface area (TPSA) is 66.5 Å². The van der Waals surface area contributed by atoms with E-state index in [1.807, 2.05) is 0 Å². The van der Waals surface area contributed by atoms with Crippen molar-refractivity contribution in [2.24, 2.45) is 0 Å². The van der Waals surface area contributed by atoms with Crippen molar-refractivity contribution in [3.05, 3.63) is 58.8 Å². The standard InChI is InChI=1S/C15H14BrFN2O3S/c1-19(23(21,22)12-5-3-2-4-6-12)10-15(20)18-14-8-7-11(16)9-13(14)17/h2-9H,10H2,1H3,(H,18,20). The molecular weight excluding hydrogens is 387 g/mol. The van der Waals surface area contributed by atoms with Gasteiger partial charge in [0.25, 0.3) is 0 Å². The number of carbonyl (C=O) groups is 1. The second-order valence-electron chi connectivity index (χ2n) is 4.75. The molecule has 0 aromatic heterocycles. The highest BCUT2D eigenvalue weighted by Gasteiger charge is 2.22. The zero-order valence-corrected chi connectivity index (χ0v) is 14.6. The Morgan fingerprint density at radius 2 is 1.87 bits per heavy atom. The summed E-state index contributed by atoms with van der Waals surface area (Å²) in [6.07, 6.45) is 0. The first kappa shape index (κ1) is 17.6. The van der Waals surface area contributed by atoms with Gasteiger partial charge in [0.05, 0.1) is 17.1 Å². The molecule has 0 aliphatic carbocycles. The normalized spacial score (nSPS) is 11.5. The molecule has 0 fully saturated rings. The Morgan fingerprint density at radius 3 is 2.48 bits per heavy atom. The second kappa shape index (κ2) is 7.20. The summed E-state index contributed by atoms with van der Waals surface area (Å²) in [5, 5.41) is 2.35. The molecule has 0 saturated heterocycles. The first-order valence-electron chi connectivity index (χ1n) is 6.57. The number of rotatable bonds is 5. The van der Waals surface area contributed by atoms with Crippen LogP contribution in [0.25, 0.3) is 0 Å². The van der Waals surface area contributed by atoms with E-state index in [-0.39, 0.29) is 10.6 Å². The van der Waals surface area contributed by atoms with Crippen molar-refractivity contribution in [2.75, 3.05) is 18.9 Å². The lowest BCUT2D eigenvalue weighted by molar-refractivity contribution is -0.116. The molecule has 0 heterocycles. The molecule has 8 heteroatoms. The summed E-state index contributed by atoms with van der Waals surface area (Å²) in [7, 11) is -2.48. The highest BCUT2D eigenvalue weighted by atomic mass is 79.9. The van der Waals surface area contributed by atoms with Gasteiger partial charge in [-0.2, -0.15) is 4.31 Å². The average molecular weight is 401 g/mol. The van der Waals surface area contributed by atoms with E-state index in [4.69, 9.17) is 0 Å². The van der Waals surface area contributed by atoms with Gasteiger partial charge >= 0.3 is 0 Å². The fourth-order valence-corrected chi connectivity index (χ4v) is 3.32. The van der Waals surface area contributed by atoms with E-state index < -0.39 is 28.3 Å². The summed E-state index contributed by atoms with van der Waals surface area (Å²) in [6, 6.07) is 11.9. The molecule has 5 nitrogen and oxygen atoms in total. The van der Waals surface area contributed by atoms with Gasteiger partial charge in [0.15, 0.2) is 0 Å². The number of sulfonamides is 1. The molecule has 0 unspecified atom stereocenters. The molecule has 2 aromatic carbocycles. The van der Waals surface area contributed by atoms with Crippen LogP contribution in [0.1, 0.15) is 0 Å². The number of carbonyl (C=O) groups excluding carboxylic acids is 1. The van der Waals surface area contributed by atoms with Crippen LogP contribution in [0.4, 0.5) is 10.1 Å². The summed E-state index contributed by atoms with van der Waals surface area (Å²) in [5.74, 6) is -1.24. The molecule has 0 atom stereocenters. The van der Waals surface area contributed by atoms with Crippen molar-refractivity contribution in [2.45, 2.75) is 4.90 Å². The maximum absolute atomic E-state index is 13.7. The Labute approximate surface area is 142 Å². The van der Waals surface area contributed by atoms with Gasteiger partial charge in [-0.1, -0.05) is 34.1 Å². The minimum Gasteiger partial charge on any atom is -0.322 e. The fourth-order valence-electron chi connectivity index (χ4n) is 1.84. The molecule has 0 spiro atoms. The minimum atomic E-state index is -3.77. The van der Waals surface area contributed by atoms with E-state index in [2.05, 4.69) is 21.2 Å². The van der Waals surface area contributed by atoms with Crippen LogP contribution >= 0.6 is 15.9 Å². The minimum absolute atomic E-state index is 0.0105. The average Bonchev–Trinajstić information content (AvgIpc) is 2.51. The van der Waals surface area contributed by atoms with Crippen molar-refractivity contribution in [3.63, 3.8) is 0 Å². The molecule has 122 valence electrons. The van der Waals surface area contributed by atoms with Gasteiger partial charge in [0.2, 0.25) is 15.9 Å². The van der Waals surface area contributed by atoms with Gasteiger partial charge < -0.3 is 5.32 Å². The lowest BCUT2D eigenvalue weighted by atomic mass is 10.3. The van der Waals surface area contributed by atoms with E-state index >= 15 is 0 Å². The Balaban J connectivity index is 2.08. The Hall–Kier alpha value is -1.77. The Bertz CT molecular complexity index is 813. The van der Waals surface area contributed by atoms with Crippen molar-refractivity contribution in [1.29, 1.82) is 0 Å². The summed E-state index contributed by atoms with van der Waals surface area (Å²) in [5.41, 5.74) is -0.0105. The van der Waals surface area contributed by atoms with Gasteiger partial charge in [0, 0.05) is 11.5 Å². The van der Waals surface area contributed by atoms with Gasteiger partial charge in [-0.15, -0.1) is 0 Å². The number of amides is 1. The molecule has 0 aliphatic heterocycles. The number of hydrogen-bond acceptors (Lipinski definition) is 3. The van der Waals surface area contributed by atoms with Crippen LogP contribution in [0, 0.1) is 5.82 Å². The van der Waals surface area contributed by atoms with Gasteiger partial charge in [0.1, 0.15) is 5.82 Å². The molecule has 0 aliphatic rings. The number of likely N-dealkylation sites (N-methyl/N-ethyl adjacent to an activating group) is 1. The third-order valence-corrected chi connectivity index (χ3v) is 5.33. The number of hydrogen-bond donors (Lipinski definition) is 1. The zero-order valence-electron chi connectivity index (χ0n) is 12.2. The molecule has 0 radical (unpaired) electrons. The SMILES string of the molecule is CN(CC(=O)Nc1ccc(Br)cc1F)S(=O)(=O)c1ccccc1. The number of anilines is 1. The quantitative estimate of drug-likeness (QED) is 0.838. The van der Waals surface area contributed by atoms with Gasteiger partial charge in [-0.3, -0.25) is 4.79 Å². The van der Waals surface area contributed by atoms with E-state index in [0.29, 0.717) is 4.47 Å². The van der Waals surface area contributed by atoms with Crippen LogP contribution in [-0.4, -0.2) is 32.2 Å². The predicted molar refractivity (Wildman–Crippen MR) is 89.0 cm³/mol. The van der Waals surface area contributed by atoms with E-state index in [0.717, 1.165) is 4.31 Å². The number of benzene rings is 2. The first-order chi connectivity index (χ1) is 10.8. The van der Waals surface area contributed by atoms with Crippen LogP contribution in [0.5, 0.6) is 0 Å². The lowest BCUT2D eigenvalue weighted by Crippen LogP contribution is -2.35. The van der Waals surface area contributed by atoms with Crippen LogP contribution in [0.2, 0.25) is 0 Å². The highest BCUT2D eigenvalue weighted by molar-refractivity contribution is 9.10. The fraction of sp³-hybridized carbons (Fsp3) is 0.133. The van der Waals surface area contributed by atoms with Gasteiger partial charge in [-0.25, -0.2) is 12.8 Å². The molecule has 1 N–H and O–H groups in total. The van der Waals surface area contributed by atoms with Crippen LogP contribution in [0.3, 0.4) is 0 Å². The molecule has 23 heavy (non-hydrogen) atoms. The van der Waals surface area contributed by atoms with Crippen molar-refractivity contribution >= 4 is 37.5 Å². The van der Waals surface area contributed by atoms with Crippen molar-refractivity contribution in [3.8, 4) is 0 Å². The maximum atomic E-state index is 13.7. The van der Waals surface area contributed by atoms with Crippen molar-refractivity contribution < 1.29 is 17.6 Å². The zero-order chi connectivity index (χ0) is 17.0. The maximum Gasteiger partial charge on any atom is 0.243 e. The summed E-state index contributed by atoms with van der Waals surface area (Å²) < 4.78 is 39.7. The first-order valence-corrected chi connectivity index (χ1v) is 8.80. The summed E-state index contributed by atoms with van der Waals surface area (Å²) in [6.45, 7) is -0.424. The van der Waals surface area contributed by atoms with E-state index in [1.165, 1.54) is 31.3 Å². The third-order valence-electron chi connectivity index (χ3n) is 3.02. The third kappa shape index (κ3) is 4.37. The molecule has 0 bridgehead atoms. The molecular formula is C15H14BrFN2O3S. The lowest BCUT2D eigenvalue weighted by Gasteiger charge is -2.17. The van der Waals surface area contributed by atoms with E-state index in [1.54, 1.807) is 24.3 Å². The number of halogens is 2. The van der Waals surface area contributed by atoms with Crippen LogP contribution in [0.15, 0.2) is 57.9 Å². The molecule has 2 aromatic rings. The molecule has 2 rings (SSSR count). The van der Waals surface area contributed by atoms with Crippen molar-refractivity contribution in [1.82, 2.24) is 4.31 Å². The largest absolute Gasteiger partial charge is 0.322 e. The summed E-state index contributed by atoms with van der Waals surface area (Å²) >= 11 is 3.11. The highest BCUT2D eigenvalue weighted by Crippen LogP contribution is 2.19. The Kier molecular flexibility index (Phi) is 5.51.